The second-order valence-corrected chi connectivity index (χ2v) is 6.03. The Hall–Kier alpha value is -3.13. The van der Waals surface area contributed by atoms with E-state index in [-0.39, 0.29) is 6.79 Å². The van der Waals surface area contributed by atoms with Crippen LogP contribution in [-0.2, 0) is 4.74 Å². The molecule has 8 heteroatoms. The Morgan fingerprint density at radius 1 is 0.923 bits per heavy atom. The van der Waals surface area contributed by atoms with E-state index in [1.54, 1.807) is 6.20 Å². The summed E-state index contributed by atoms with van der Waals surface area (Å²) < 4.78 is 18.2. The van der Waals surface area contributed by atoms with E-state index in [2.05, 4.69) is 19.9 Å². The molecule has 5 rings (SSSR count). The number of ether oxygens (including phenoxy) is 3. The standard InChI is InChI=1S/C18H17N5O3/c1-2-15-16(26-12-25-15)9-14(1)23-4-3-19-17(23)13-10-20-18(21-11-13)22-5-7-24-8-6-22/h1-4,9-11H,5-8,12H2. The van der Waals surface area contributed by atoms with Crippen molar-refractivity contribution in [1.29, 1.82) is 0 Å². The minimum absolute atomic E-state index is 0.256. The lowest BCUT2D eigenvalue weighted by molar-refractivity contribution is 0.122. The first kappa shape index (κ1) is 15.2. The Morgan fingerprint density at radius 3 is 2.58 bits per heavy atom. The van der Waals surface area contributed by atoms with Crippen molar-refractivity contribution in [1.82, 2.24) is 19.5 Å². The van der Waals surface area contributed by atoms with Crippen LogP contribution < -0.4 is 14.4 Å². The fraction of sp³-hybridized carbons (Fsp3) is 0.278. The second-order valence-electron chi connectivity index (χ2n) is 6.03. The zero-order valence-electron chi connectivity index (χ0n) is 14.0. The summed E-state index contributed by atoms with van der Waals surface area (Å²) >= 11 is 0. The topological polar surface area (TPSA) is 74.5 Å². The summed E-state index contributed by atoms with van der Waals surface area (Å²) in [4.78, 5) is 15.6. The molecule has 0 N–H and O–H groups in total. The van der Waals surface area contributed by atoms with Gasteiger partial charge in [0, 0.05) is 43.9 Å². The highest BCUT2D eigenvalue weighted by Crippen LogP contribution is 2.34. The van der Waals surface area contributed by atoms with Crippen molar-refractivity contribution in [3.05, 3.63) is 43.0 Å². The fourth-order valence-electron chi connectivity index (χ4n) is 3.12. The molecule has 26 heavy (non-hydrogen) atoms. The van der Waals surface area contributed by atoms with Crippen molar-refractivity contribution in [2.24, 2.45) is 0 Å². The first-order valence-electron chi connectivity index (χ1n) is 8.47. The van der Waals surface area contributed by atoms with Crippen molar-refractivity contribution in [3.8, 4) is 28.6 Å². The third-order valence-electron chi connectivity index (χ3n) is 4.47. The molecule has 2 aromatic heterocycles. The predicted molar refractivity (Wildman–Crippen MR) is 93.7 cm³/mol. The number of hydrogen-bond donors (Lipinski definition) is 0. The van der Waals surface area contributed by atoms with E-state index in [4.69, 9.17) is 14.2 Å². The van der Waals surface area contributed by atoms with E-state index < -0.39 is 0 Å². The number of imidazole rings is 1. The molecule has 132 valence electrons. The van der Waals surface area contributed by atoms with Gasteiger partial charge in [-0.2, -0.15) is 0 Å². The molecule has 3 aromatic rings. The van der Waals surface area contributed by atoms with Gasteiger partial charge in [-0.25, -0.2) is 15.0 Å². The first-order valence-corrected chi connectivity index (χ1v) is 8.47. The number of nitrogens with zero attached hydrogens (tertiary/aromatic N) is 5. The molecule has 1 saturated heterocycles. The van der Waals surface area contributed by atoms with Gasteiger partial charge in [0.25, 0.3) is 0 Å². The van der Waals surface area contributed by atoms with Crippen LogP contribution in [0.3, 0.4) is 0 Å². The van der Waals surface area contributed by atoms with E-state index in [1.165, 1.54) is 0 Å². The number of aromatic nitrogens is 4. The second kappa shape index (κ2) is 6.30. The Morgan fingerprint density at radius 2 is 1.73 bits per heavy atom. The Labute approximate surface area is 150 Å². The molecule has 8 nitrogen and oxygen atoms in total. The Kier molecular flexibility index (Phi) is 3.67. The van der Waals surface area contributed by atoms with Crippen molar-refractivity contribution in [3.63, 3.8) is 0 Å². The van der Waals surface area contributed by atoms with Crippen molar-refractivity contribution < 1.29 is 14.2 Å². The molecule has 0 saturated carbocycles. The van der Waals surface area contributed by atoms with Crippen LogP contribution in [-0.4, -0.2) is 52.6 Å². The zero-order valence-corrected chi connectivity index (χ0v) is 14.0. The van der Waals surface area contributed by atoms with Crippen LogP contribution in [0.15, 0.2) is 43.0 Å². The molecular formula is C18H17N5O3. The minimum atomic E-state index is 0.256. The lowest BCUT2D eigenvalue weighted by atomic mass is 10.2. The highest BCUT2D eigenvalue weighted by Gasteiger charge is 2.17. The Balaban J connectivity index is 1.45. The van der Waals surface area contributed by atoms with Crippen LogP contribution in [0.1, 0.15) is 0 Å². The molecule has 0 unspecified atom stereocenters. The van der Waals surface area contributed by atoms with Gasteiger partial charge in [0.05, 0.1) is 24.5 Å². The summed E-state index contributed by atoms with van der Waals surface area (Å²) in [6.45, 7) is 3.29. The van der Waals surface area contributed by atoms with E-state index in [0.717, 1.165) is 47.6 Å². The van der Waals surface area contributed by atoms with E-state index >= 15 is 0 Å². The predicted octanol–water partition coefficient (Wildman–Crippen LogP) is 1.89. The molecule has 2 aliphatic heterocycles. The number of morpholine rings is 1. The highest BCUT2D eigenvalue weighted by atomic mass is 16.7. The summed E-state index contributed by atoms with van der Waals surface area (Å²) in [5, 5.41) is 0. The van der Waals surface area contributed by atoms with Crippen LogP contribution >= 0.6 is 0 Å². The van der Waals surface area contributed by atoms with Crippen LogP contribution in [0, 0.1) is 0 Å². The van der Waals surface area contributed by atoms with Crippen molar-refractivity contribution in [2.45, 2.75) is 0 Å². The first-order chi connectivity index (χ1) is 12.9. The number of hydrogen-bond acceptors (Lipinski definition) is 7. The molecule has 0 radical (unpaired) electrons. The number of fused-ring (bicyclic) bond motifs is 1. The van der Waals surface area contributed by atoms with E-state index in [9.17, 15) is 0 Å². The normalized spacial score (nSPS) is 16.1. The highest BCUT2D eigenvalue weighted by molar-refractivity contribution is 5.59. The largest absolute Gasteiger partial charge is 0.454 e. The van der Waals surface area contributed by atoms with Gasteiger partial charge in [-0.05, 0) is 12.1 Å². The quantitative estimate of drug-likeness (QED) is 0.713. The summed E-state index contributed by atoms with van der Waals surface area (Å²) in [7, 11) is 0. The molecule has 0 spiro atoms. The maximum atomic E-state index is 5.47. The molecule has 4 heterocycles. The maximum Gasteiger partial charge on any atom is 0.231 e. The summed E-state index contributed by atoms with van der Waals surface area (Å²) in [5.41, 5.74) is 1.80. The van der Waals surface area contributed by atoms with Crippen LogP contribution in [0.2, 0.25) is 0 Å². The van der Waals surface area contributed by atoms with Crippen LogP contribution in [0.4, 0.5) is 5.95 Å². The molecule has 1 fully saturated rings. The van der Waals surface area contributed by atoms with Gasteiger partial charge in [0.15, 0.2) is 11.5 Å². The average molecular weight is 351 g/mol. The third-order valence-corrected chi connectivity index (χ3v) is 4.47. The lowest BCUT2D eigenvalue weighted by Gasteiger charge is -2.26. The van der Waals surface area contributed by atoms with Crippen LogP contribution in [0.5, 0.6) is 11.5 Å². The van der Waals surface area contributed by atoms with Gasteiger partial charge in [-0.1, -0.05) is 0 Å². The van der Waals surface area contributed by atoms with Gasteiger partial charge in [-0.15, -0.1) is 0 Å². The molecule has 2 aliphatic rings. The summed E-state index contributed by atoms with van der Waals surface area (Å²) in [6.07, 6.45) is 7.28. The average Bonchev–Trinajstić information content (AvgIpc) is 3.37. The smallest absolute Gasteiger partial charge is 0.231 e. The number of benzene rings is 1. The molecule has 1 aromatic carbocycles. The SMILES string of the molecule is c1cn(-c2ccc3c(c2)OCO3)c(-c2cnc(N3CCOCC3)nc2)n1. The van der Waals surface area contributed by atoms with Gasteiger partial charge in [0.2, 0.25) is 12.7 Å². The lowest BCUT2D eigenvalue weighted by Crippen LogP contribution is -2.37. The molecule has 0 atom stereocenters. The van der Waals surface area contributed by atoms with Crippen LogP contribution in [0.25, 0.3) is 17.1 Å². The fourth-order valence-corrected chi connectivity index (χ4v) is 3.12. The van der Waals surface area contributed by atoms with Gasteiger partial charge in [0.1, 0.15) is 5.82 Å². The zero-order chi connectivity index (χ0) is 17.3. The van der Waals surface area contributed by atoms with Gasteiger partial charge in [-0.3, -0.25) is 4.57 Å². The minimum Gasteiger partial charge on any atom is -0.454 e. The summed E-state index contributed by atoms with van der Waals surface area (Å²) in [6, 6.07) is 5.82. The van der Waals surface area contributed by atoms with Crippen molar-refractivity contribution >= 4 is 5.95 Å². The molecular weight excluding hydrogens is 334 g/mol. The maximum absolute atomic E-state index is 5.47. The van der Waals surface area contributed by atoms with E-state index in [0.29, 0.717) is 13.2 Å². The van der Waals surface area contributed by atoms with Gasteiger partial charge >= 0.3 is 0 Å². The molecule has 0 amide bonds. The monoisotopic (exact) mass is 351 g/mol. The number of rotatable bonds is 3. The molecule has 0 aliphatic carbocycles. The van der Waals surface area contributed by atoms with Crippen molar-refractivity contribution in [2.75, 3.05) is 38.0 Å². The Bertz CT molecular complexity index is 919. The number of anilines is 1. The third kappa shape index (κ3) is 2.64. The van der Waals surface area contributed by atoms with Gasteiger partial charge < -0.3 is 19.1 Å². The summed E-state index contributed by atoms with van der Waals surface area (Å²) in [5.74, 6) is 2.99. The van der Waals surface area contributed by atoms with E-state index in [1.807, 2.05) is 41.4 Å². The molecule has 0 bridgehead atoms.